The second kappa shape index (κ2) is 9.15. The van der Waals surface area contributed by atoms with Crippen LogP contribution in [0.1, 0.15) is 40.0 Å². The molecule has 3 aliphatic heterocycles. The standard InChI is InChI=1S/C24H30O9/c1-13(2)15-7-8-17-20(31-14(3)25)19(32-21(17)26)12-23(4,28)11-16-9-18(22(27)29-5)24(10-15,30-6)33-16/h8-9,11,15,19-20,28H,1,7,10,12H2,2-6H3/b16-11-,17-8-/t15?,19-,20+,23-,24-/m0/s1. The highest BCUT2D eigenvalue weighted by Gasteiger charge is 2.50. The molecule has 3 aliphatic rings. The molecular formula is C24H30O9. The largest absolute Gasteiger partial charge is 0.465 e. The Morgan fingerprint density at radius 2 is 1.94 bits per heavy atom. The first-order valence-corrected chi connectivity index (χ1v) is 10.6. The Labute approximate surface area is 192 Å². The number of methoxy groups -OCH3 is 2. The van der Waals surface area contributed by atoms with E-state index in [1.165, 1.54) is 40.2 Å². The van der Waals surface area contributed by atoms with Crippen LogP contribution < -0.4 is 0 Å². The van der Waals surface area contributed by atoms with E-state index in [0.717, 1.165) is 5.57 Å². The van der Waals surface area contributed by atoms with Crippen LogP contribution in [0.5, 0.6) is 0 Å². The topological polar surface area (TPSA) is 118 Å². The van der Waals surface area contributed by atoms with Crippen LogP contribution in [0.2, 0.25) is 0 Å². The lowest BCUT2D eigenvalue weighted by atomic mass is 9.86. The first-order chi connectivity index (χ1) is 15.4. The van der Waals surface area contributed by atoms with Gasteiger partial charge in [-0.05, 0) is 38.3 Å². The van der Waals surface area contributed by atoms with Gasteiger partial charge < -0.3 is 28.8 Å². The second-order valence-electron chi connectivity index (χ2n) is 8.83. The molecule has 0 aliphatic carbocycles. The molecule has 33 heavy (non-hydrogen) atoms. The lowest BCUT2D eigenvalue weighted by Gasteiger charge is -2.33. The van der Waals surface area contributed by atoms with Gasteiger partial charge in [-0.25, -0.2) is 9.59 Å². The summed E-state index contributed by atoms with van der Waals surface area (Å²) in [4.78, 5) is 36.9. The molecule has 0 amide bonds. The fraction of sp³-hybridized carbons (Fsp3) is 0.542. The summed E-state index contributed by atoms with van der Waals surface area (Å²) in [6, 6.07) is 0. The minimum Gasteiger partial charge on any atom is -0.465 e. The van der Waals surface area contributed by atoms with Crippen molar-refractivity contribution in [3.05, 3.63) is 47.3 Å². The number of carbonyl (C=O) groups is 3. The van der Waals surface area contributed by atoms with Crippen LogP contribution in [0.15, 0.2) is 47.3 Å². The molecule has 4 bridgehead atoms. The fourth-order valence-corrected chi connectivity index (χ4v) is 4.38. The normalized spacial score (nSPS) is 36.8. The highest BCUT2D eigenvalue weighted by Crippen LogP contribution is 2.43. The average Bonchev–Trinajstić information content (AvgIpc) is 3.20. The summed E-state index contributed by atoms with van der Waals surface area (Å²) in [6.07, 6.45) is 3.09. The predicted molar refractivity (Wildman–Crippen MR) is 115 cm³/mol. The van der Waals surface area contributed by atoms with Gasteiger partial charge in [-0.3, -0.25) is 4.79 Å². The van der Waals surface area contributed by atoms with Crippen LogP contribution >= 0.6 is 0 Å². The SMILES string of the molecule is C=C(C)C1C/C=C2\C(=O)O[C@@H](C[C@@](C)(O)/C=C3/C=C(C(=O)OC)[C@](OC)(C1)O3)[C@@H]2OC(C)=O. The molecule has 5 atom stereocenters. The van der Waals surface area contributed by atoms with E-state index in [4.69, 9.17) is 23.7 Å². The van der Waals surface area contributed by atoms with Crippen molar-refractivity contribution in [1.82, 2.24) is 0 Å². The van der Waals surface area contributed by atoms with Crippen molar-refractivity contribution in [2.45, 2.75) is 63.6 Å². The quantitative estimate of drug-likeness (QED) is 0.381. The predicted octanol–water partition coefficient (Wildman–Crippen LogP) is 2.25. The van der Waals surface area contributed by atoms with Gasteiger partial charge in [-0.15, -0.1) is 0 Å². The second-order valence-corrected chi connectivity index (χ2v) is 8.83. The van der Waals surface area contributed by atoms with Crippen molar-refractivity contribution in [2.75, 3.05) is 14.2 Å². The molecule has 1 saturated heterocycles. The van der Waals surface area contributed by atoms with Crippen molar-refractivity contribution in [3.63, 3.8) is 0 Å². The number of ether oxygens (including phenoxy) is 5. The number of fused-ring (bicyclic) bond motifs is 4. The van der Waals surface area contributed by atoms with Gasteiger partial charge in [-0.1, -0.05) is 18.2 Å². The Morgan fingerprint density at radius 3 is 2.52 bits per heavy atom. The summed E-state index contributed by atoms with van der Waals surface area (Å²) >= 11 is 0. The lowest BCUT2D eigenvalue weighted by Crippen LogP contribution is -2.39. The van der Waals surface area contributed by atoms with Gasteiger partial charge in [0.1, 0.15) is 17.4 Å². The van der Waals surface area contributed by atoms with Crippen molar-refractivity contribution in [1.29, 1.82) is 0 Å². The number of carbonyl (C=O) groups excluding carboxylic acids is 3. The lowest BCUT2D eigenvalue weighted by molar-refractivity contribution is -0.178. The maximum Gasteiger partial charge on any atom is 0.340 e. The minimum absolute atomic E-state index is 0.0772. The van der Waals surface area contributed by atoms with Crippen LogP contribution in [-0.4, -0.2) is 60.8 Å². The van der Waals surface area contributed by atoms with Crippen LogP contribution in [0.3, 0.4) is 0 Å². The maximum atomic E-state index is 12.6. The van der Waals surface area contributed by atoms with Crippen LogP contribution in [0, 0.1) is 5.92 Å². The van der Waals surface area contributed by atoms with Gasteiger partial charge in [0.05, 0.1) is 18.3 Å². The molecule has 180 valence electrons. The van der Waals surface area contributed by atoms with E-state index >= 15 is 0 Å². The summed E-state index contributed by atoms with van der Waals surface area (Å²) in [6.45, 7) is 8.61. The fourth-order valence-electron chi connectivity index (χ4n) is 4.38. The van der Waals surface area contributed by atoms with Crippen LogP contribution in [-0.2, 0) is 38.1 Å². The number of hydrogen-bond donors (Lipinski definition) is 1. The molecule has 3 rings (SSSR count). The third-order valence-corrected chi connectivity index (χ3v) is 6.05. The van der Waals surface area contributed by atoms with Crippen molar-refractivity contribution in [2.24, 2.45) is 5.92 Å². The van der Waals surface area contributed by atoms with E-state index < -0.39 is 41.5 Å². The molecular weight excluding hydrogens is 432 g/mol. The maximum absolute atomic E-state index is 12.6. The zero-order chi connectivity index (χ0) is 24.6. The third kappa shape index (κ3) is 5.04. The Bertz CT molecular complexity index is 955. The van der Waals surface area contributed by atoms with E-state index in [-0.39, 0.29) is 35.7 Å². The van der Waals surface area contributed by atoms with E-state index in [9.17, 15) is 19.5 Å². The molecule has 3 heterocycles. The number of allylic oxidation sites excluding steroid dienone is 3. The average molecular weight is 462 g/mol. The smallest absolute Gasteiger partial charge is 0.340 e. The molecule has 0 aromatic carbocycles. The van der Waals surface area contributed by atoms with E-state index in [2.05, 4.69) is 6.58 Å². The molecule has 0 spiro atoms. The summed E-state index contributed by atoms with van der Waals surface area (Å²) < 4.78 is 27.6. The van der Waals surface area contributed by atoms with Gasteiger partial charge in [0.15, 0.2) is 6.10 Å². The van der Waals surface area contributed by atoms with E-state index in [0.29, 0.717) is 6.42 Å². The molecule has 1 unspecified atom stereocenters. The van der Waals surface area contributed by atoms with Gasteiger partial charge in [0, 0.05) is 26.9 Å². The first kappa shape index (κ1) is 24.7. The monoisotopic (exact) mass is 462 g/mol. The molecule has 9 heteroatoms. The van der Waals surface area contributed by atoms with Gasteiger partial charge in [-0.2, -0.15) is 0 Å². The van der Waals surface area contributed by atoms with Crippen molar-refractivity contribution in [3.8, 4) is 0 Å². The number of esters is 3. The summed E-state index contributed by atoms with van der Waals surface area (Å²) in [5, 5.41) is 11.1. The molecule has 0 radical (unpaired) electrons. The number of rotatable bonds is 4. The van der Waals surface area contributed by atoms with Gasteiger partial charge in [0.25, 0.3) is 0 Å². The Hall–Kier alpha value is -2.91. The third-order valence-electron chi connectivity index (χ3n) is 6.05. The minimum atomic E-state index is -1.54. The van der Waals surface area contributed by atoms with Crippen LogP contribution in [0.25, 0.3) is 0 Å². The molecule has 0 aromatic rings. The van der Waals surface area contributed by atoms with Crippen molar-refractivity contribution < 1.29 is 43.2 Å². The van der Waals surface area contributed by atoms with E-state index in [1.807, 2.05) is 6.92 Å². The molecule has 1 N–H and O–H groups in total. The molecule has 0 aromatic heterocycles. The summed E-state index contributed by atoms with van der Waals surface area (Å²) in [7, 11) is 2.68. The highest BCUT2D eigenvalue weighted by atomic mass is 16.7. The Balaban J connectivity index is 2.15. The summed E-state index contributed by atoms with van der Waals surface area (Å²) in [5.41, 5.74) is -0.427. The molecule has 0 saturated carbocycles. The summed E-state index contributed by atoms with van der Waals surface area (Å²) in [5.74, 6) is -3.36. The molecule has 1 fully saturated rings. The Morgan fingerprint density at radius 1 is 1.24 bits per heavy atom. The number of hydrogen-bond acceptors (Lipinski definition) is 9. The Kier molecular flexibility index (Phi) is 6.85. The van der Waals surface area contributed by atoms with Gasteiger partial charge in [0.2, 0.25) is 5.79 Å². The van der Waals surface area contributed by atoms with Crippen molar-refractivity contribution >= 4 is 17.9 Å². The first-order valence-electron chi connectivity index (χ1n) is 10.6. The highest BCUT2D eigenvalue weighted by molar-refractivity contribution is 5.93. The molecule has 9 nitrogen and oxygen atoms in total. The van der Waals surface area contributed by atoms with Crippen LogP contribution in [0.4, 0.5) is 0 Å². The zero-order valence-corrected chi connectivity index (χ0v) is 19.5. The number of aliphatic hydroxyl groups is 1. The zero-order valence-electron chi connectivity index (χ0n) is 19.5. The van der Waals surface area contributed by atoms with Gasteiger partial charge >= 0.3 is 17.9 Å². The van der Waals surface area contributed by atoms with E-state index in [1.54, 1.807) is 6.08 Å².